The number of benzene rings is 1. The summed E-state index contributed by atoms with van der Waals surface area (Å²) in [5.74, 6) is -1.94. The second kappa shape index (κ2) is 6.57. The quantitative estimate of drug-likeness (QED) is 0.858. The second-order valence-electron chi connectivity index (χ2n) is 5.65. The lowest BCUT2D eigenvalue weighted by atomic mass is 10.1. The average Bonchev–Trinajstić information content (AvgIpc) is 3.03. The molecule has 7 heteroatoms. The van der Waals surface area contributed by atoms with Crippen LogP contribution in [0.5, 0.6) is 0 Å². The number of nitrogens with zero attached hydrogens (tertiary/aromatic N) is 2. The van der Waals surface area contributed by atoms with Gasteiger partial charge in [-0.15, -0.1) is 0 Å². The van der Waals surface area contributed by atoms with Gasteiger partial charge >= 0.3 is 5.97 Å². The van der Waals surface area contributed by atoms with Gasteiger partial charge in [0, 0.05) is 25.5 Å². The summed E-state index contributed by atoms with van der Waals surface area (Å²) in [4.78, 5) is 36.5. The Labute approximate surface area is 138 Å². The van der Waals surface area contributed by atoms with Crippen LogP contribution < -0.4 is 5.32 Å². The number of amides is 2. The summed E-state index contributed by atoms with van der Waals surface area (Å²) < 4.78 is 1.85. The smallest absolute Gasteiger partial charge is 0.328 e. The third-order valence-corrected chi connectivity index (χ3v) is 3.93. The topological polar surface area (TPSA) is 91.6 Å². The Kier molecular flexibility index (Phi) is 4.33. The number of aromatic nitrogens is 1. The third kappa shape index (κ3) is 3.29. The second-order valence-corrected chi connectivity index (χ2v) is 5.65. The van der Waals surface area contributed by atoms with Crippen LogP contribution in [0.15, 0.2) is 48.8 Å². The molecule has 124 valence electrons. The summed E-state index contributed by atoms with van der Waals surface area (Å²) in [6.07, 6.45) is 3.43. The van der Waals surface area contributed by atoms with Gasteiger partial charge in [0.1, 0.15) is 12.6 Å². The number of carboxylic acids is 1. The molecule has 1 fully saturated rings. The molecule has 2 N–H and O–H groups in total. The number of piperazine rings is 1. The van der Waals surface area contributed by atoms with Gasteiger partial charge in [-0.05, 0) is 11.6 Å². The number of carbonyl (C=O) groups excluding carboxylic acids is 2. The van der Waals surface area contributed by atoms with Crippen molar-refractivity contribution >= 4 is 17.8 Å². The predicted octanol–water partition coefficient (Wildman–Crippen LogP) is 0.562. The van der Waals surface area contributed by atoms with Crippen molar-refractivity contribution < 1.29 is 19.5 Å². The maximum absolute atomic E-state index is 12.6. The van der Waals surface area contributed by atoms with Crippen LogP contribution in [0.1, 0.15) is 15.9 Å². The SMILES string of the molecule is O=C1CN(C(=O)c2ccn(Cc3ccccc3)c2)C(C(=O)O)CN1. The first-order valence-electron chi connectivity index (χ1n) is 7.55. The van der Waals surface area contributed by atoms with Gasteiger partial charge in [0.15, 0.2) is 0 Å². The van der Waals surface area contributed by atoms with Crippen molar-refractivity contribution in [3.63, 3.8) is 0 Å². The first-order chi connectivity index (χ1) is 11.5. The van der Waals surface area contributed by atoms with Crippen LogP contribution >= 0.6 is 0 Å². The number of rotatable bonds is 4. The molecular weight excluding hydrogens is 310 g/mol. The normalized spacial score (nSPS) is 17.4. The van der Waals surface area contributed by atoms with Crippen molar-refractivity contribution in [1.29, 1.82) is 0 Å². The van der Waals surface area contributed by atoms with Gasteiger partial charge in [-0.2, -0.15) is 0 Å². The fraction of sp³-hybridized carbons (Fsp3) is 0.235. The first kappa shape index (κ1) is 15.8. The van der Waals surface area contributed by atoms with Crippen molar-refractivity contribution in [1.82, 2.24) is 14.8 Å². The van der Waals surface area contributed by atoms with Crippen LogP contribution in [0, 0.1) is 0 Å². The molecule has 1 aliphatic heterocycles. The van der Waals surface area contributed by atoms with Gasteiger partial charge in [-0.25, -0.2) is 4.79 Å². The summed E-state index contributed by atoms with van der Waals surface area (Å²) in [6, 6.07) is 10.4. The molecule has 0 aliphatic carbocycles. The van der Waals surface area contributed by atoms with E-state index in [1.54, 1.807) is 18.5 Å². The molecule has 24 heavy (non-hydrogen) atoms. The third-order valence-electron chi connectivity index (χ3n) is 3.93. The fourth-order valence-corrected chi connectivity index (χ4v) is 2.70. The van der Waals surface area contributed by atoms with Gasteiger partial charge in [-0.1, -0.05) is 30.3 Å². The monoisotopic (exact) mass is 327 g/mol. The number of hydrogen-bond donors (Lipinski definition) is 2. The largest absolute Gasteiger partial charge is 0.480 e. The van der Waals surface area contributed by atoms with Gasteiger partial charge in [0.25, 0.3) is 5.91 Å². The zero-order valence-corrected chi connectivity index (χ0v) is 12.9. The Morgan fingerprint density at radius 2 is 1.96 bits per heavy atom. The predicted molar refractivity (Wildman–Crippen MR) is 85.4 cm³/mol. The maximum atomic E-state index is 12.6. The Balaban J connectivity index is 1.77. The van der Waals surface area contributed by atoms with Crippen LogP contribution in [-0.4, -0.2) is 51.5 Å². The lowest BCUT2D eigenvalue weighted by Crippen LogP contribution is -2.59. The summed E-state index contributed by atoms with van der Waals surface area (Å²) in [6.45, 7) is 0.279. The van der Waals surface area contributed by atoms with Crippen molar-refractivity contribution in [3.05, 3.63) is 59.9 Å². The molecule has 2 amide bonds. The molecule has 2 heterocycles. The Hall–Kier alpha value is -3.09. The minimum Gasteiger partial charge on any atom is -0.480 e. The van der Waals surface area contributed by atoms with Crippen LogP contribution in [-0.2, 0) is 16.1 Å². The molecule has 7 nitrogen and oxygen atoms in total. The molecule has 0 spiro atoms. The van der Waals surface area contributed by atoms with E-state index in [0.717, 1.165) is 10.5 Å². The van der Waals surface area contributed by atoms with Gasteiger partial charge in [-0.3, -0.25) is 9.59 Å². The Morgan fingerprint density at radius 1 is 1.21 bits per heavy atom. The van der Waals surface area contributed by atoms with Crippen LogP contribution in [0.25, 0.3) is 0 Å². The molecule has 1 aromatic carbocycles. The van der Waals surface area contributed by atoms with Crippen LogP contribution in [0.2, 0.25) is 0 Å². The highest BCUT2D eigenvalue weighted by Crippen LogP contribution is 2.13. The number of nitrogens with one attached hydrogen (secondary N) is 1. The summed E-state index contributed by atoms with van der Waals surface area (Å²) in [5, 5.41) is 11.7. The standard InChI is InChI=1S/C17H17N3O4/c21-15-11-20(14(8-18-15)17(23)24)16(22)13-6-7-19(10-13)9-12-4-2-1-3-5-12/h1-7,10,14H,8-9,11H2,(H,18,21)(H,23,24). The van der Waals surface area contributed by atoms with E-state index in [1.807, 2.05) is 34.9 Å². The molecule has 1 aliphatic rings. The van der Waals surface area contributed by atoms with E-state index in [1.165, 1.54) is 0 Å². The van der Waals surface area contributed by atoms with E-state index in [4.69, 9.17) is 0 Å². The summed E-state index contributed by atoms with van der Waals surface area (Å²) in [7, 11) is 0. The van der Waals surface area contributed by atoms with E-state index >= 15 is 0 Å². The van der Waals surface area contributed by atoms with E-state index < -0.39 is 17.9 Å². The van der Waals surface area contributed by atoms with E-state index in [2.05, 4.69) is 5.32 Å². The number of carboxylic acid groups (broad SMARTS) is 1. The molecule has 1 unspecified atom stereocenters. The van der Waals surface area contributed by atoms with Crippen LogP contribution in [0.4, 0.5) is 0 Å². The minimum absolute atomic E-state index is 0.0787. The highest BCUT2D eigenvalue weighted by molar-refractivity contribution is 5.99. The Bertz CT molecular complexity index is 769. The van der Waals surface area contributed by atoms with Crippen molar-refractivity contribution in [2.75, 3.05) is 13.1 Å². The van der Waals surface area contributed by atoms with E-state index in [-0.39, 0.29) is 19.0 Å². The summed E-state index contributed by atoms with van der Waals surface area (Å²) in [5.41, 5.74) is 1.46. The highest BCUT2D eigenvalue weighted by Gasteiger charge is 2.35. The van der Waals surface area contributed by atoms with Crippen molar-refractivity contribution in [2.45, 2.75) is 12.6 Å². The zero-order valence-electron chi connectivity index (χ0n) is 12.9. The lowest BCUT2D eigenvalue weighted by molar-refractivity contribution is -0.144. The molecule has 0 saturated carbocycles. The zero-order chi connectivity index (χ0) is 17.1. The fourth-order valence-electron chi connectivity index (χ4n) is 2.70. The first-order valence-corrected chi connectivity index (χ1v) is 7.55. The average molecular weight is 327 g/mol. The summed E-state index contributed by atoms with van der Waals surface area (Å²) >= 11 is 0. The van der Waals surface area contributed by atoms with E-state index in [9.17, 15) is 19.5 Å². The van der Waals surface area contributed by atoms with Crippen LogP contribution in [0.3, 0.4) is 0 Å². The molecule has 1 atom stereocenters. The van der Waals surface area contributed by atoms with Gasteiger partial charge < -0.3 is 19.9 Å². The van der Waals surface area contributed by atoms with Crippen molar-refractivity contribution in [3.8, 4) is 0 Å². The van der Waals surface area contributed by atoms with Gasteiger partial charge in [0.05, 0.1) is 5.56 Å². The molecule has 1 aromatic heterocycles. The molecule has 2 aromatic rings. The van der Waals surface area contributed by atoms with Gasteiger partial charge in [0.2, 0.25) is 5.91 Å². The molecule has 0 bridgehead atoms. The number of hydrogen-bond acceptors (Lipinski definition) is 3. The lowest BCUT2D eigenvalue weighted by Gasteiger charge is -2.32. The minimum atomic E-state index is -1.13. The molecule has 3 rings (SSSR count). The number of aliphatic carboxylic acids is 1. The molecule has 1 saturated heterocycles. The molecule has 0 radical (unpaired) electrons. The maximum Gasteiger partial charge on any atom is 0.328 e. The molecular formula is C17H17N3O4. The number of carbonyl (C=O) groups is 3. The van der Waals surface area contributed by atoms with Crippen molar-refractivity contribution in [2.24, 2.45) is 0 Å². The highest BCUT2D eigenvalue weighted by atomic mass is 16.4. The van der Waals surface area contributed by atoms with E-state index in [0.29, 0.717) is 12.1 Å². The Morgan fingerprint density at radius 3 is 2.67 bits per heavy atom.